The number of hydroxylamine groups is 1. The molecule has 8 nitrogen and oxygen atoms in total. The molecule has 27 heavy (non-hydrogen) atoms. The SMILES string of the molecule is COC(=O)COc1ccc(CONC(=O)c2ccc(C(=N)N)cc2)cc1.Cl. The smallest absolute Gasteiger partial charge is 0.343 e. The molecule has 0 fully saturated rings. The van der Waals surface area contributed by atoms with E-state index in [0.717, 1.165) is 5.56 Å². The van der Waals surface area contributed by atoms with Crippen molar-refractivity contribution in [2.75, 3.05) is 13.7 Å². The summed E-state index contributed by atoms with van der Waals surface area (Å²) >= 11 is 0. The maximum absolute atomic E-state index is 12.0. The van der Waals surface area contributed by atoms with Gasteiger partial charge in [-0.2, -0.15) is 0 Å². The predicted molar refractivity (Wildman–Crippen MR) is 101 cm³/mol. The number of esters is 1. The zero-order valence-corrected chi connectivity index (χ0v) is 15.4. The molecule has 0 aliphatic heterocycles. The lowest BCUT2D eigenvalue weighted by Crippen LogP contribution is -2.23. The third-order valence-corrected chi connectivity index (χ3v) is 3.37. The Bertz CT molecular complexity index is 779. The van der Waals surface area contributed by atoms with E-state index in [0.29, 0.717) is 16.9 Å². The fourth-order valence-electron chi connectivity index (χ4n) is 1.93. The molecule has 0 bridgehead atoms. The Morgan fingerprint density at radius 3 is 2.19 bits per heavy atom. The van der Waals surface area contributed by atoms with Crippen LogP contribution < -0.4 is 16.0 Å². The molecule has 0 atom stereocenters. The number of amides is 1. The highest BCUT2D eigenvalue weighted by atomic mass is 35.5. The number of amidine groups is 1. The van der Waals surface area contributed by atoms with Gasteiger partial charge in [-0.25, -0.2) is 10.3 Å². The molecule has 0 saturated heterocycles. The molecule has 0 heterocycles. The summed E-state index contributed by atoms with van der Waals surface area (Å²) in [6, 6.07) is 13.2. The lowest BCUT2D eigenvalue weighted by Gasteiger charge is -2.08. The van der Waals surface area contributed by atoms with E-state index in [1.54, 1.807) is 48.5 Å². The summed E-state index contributed by atoms with van der Waals surface area (Å²) in [5, 5.41) is 7.31. The number of hydrogen-bond donors (Lipinski definition) is 3. The number of nitrogens with one attached hydrogen (secondary N) is 2. The molecule has 2 rings (SSSR count). The lowest BCUT2D eigenvalue weighted by atomic mass is 10.1. The van der Waals surface area contributed by atoms with Gasteiger partial charge < -0.3 is 15.2 Å². The Kier molecular flexibility index (Phi) is 8.77. The number of halogens is 1. The van der Waals surface area contributed by atoms with E-state index in [9.17, 15) is 9.59 Å². The molecule has 9 heteroatoms. The van der Waals surface area contributed by atoms with Crippen LogP contribution in [0.4, 0.5) is 0 Å². The van der Waals surface area contributed by atoms with Crippen molar-refractivity contribution in [3.63, 3.8) is 0 Å². The molecule has 0 aliphatic carbocycles. The average Bonchev–Trinajstić information content (AvgIpc) is 2.67. The number of nitrogens with two attached hydrogens (primary N) is 1. The first-order chi connectivity index (χ1) is 12.5. The van der Waals surface area contributed by atoms with Gasteiger partial charge in [0, 0.05) is 11.1 Å². The Balaban J connectivity index is 0.00000364. The first-order valence-corrected chi connectivity index (χ1v) is 7.64. The quantitative estimate of drug-likeness (QED) is 0.272. The summed E-state index contributed by atoms with van der Waals surface area (Å²) in [4.78, 5) is 28.2. The zero-order valence-electron chi connectivity index (χ0n) is 14.6. The van der Waals surface area contributed by atoms with Crippen LogP contribution in [0.2, 0.25) is 0 Å². The lowest BCUT2D eigenvalue weighted by molar-refractivity contribution is -0.142. The van der Waals surface area contributed by atoms with Crippen molar-refractivity contribution < 1.29 is 23.9 Å². The minimum Gasteiger partial charge on any atom is -0.482 e. The molecule has 0 aliphatic rings. The van der Waals surface area contributed by atoms with Gasteiger partial charge in [-0.15, -0.1) is 12.4 Å². The number of carbonyl (C=O) groups is 2. The second-order valence-corrected chi connectivity index (χ2v) is 5.22. The van der Waals surface area contributed by atoms with Crippen molar-refractivity contribution in [1.29, 1.82) is 5.41 Å². The number of rotatable bonds is 8. The van der Waals surface area contributed by atoms with Crippen LogP contribution in [-0.4, -0.2) is 31.4 Å². The number of benzene rings is 2. The third-order valence-electron chi connectivity index (χ3n) is 3.37. The minimum atomic E-state index is -0.462. The van der Waals surface area contributed by atoms with Crippen molar-refractivity contribution in [3.05, 3.63) is 65.2 Å². The molecule has 0 aromatic heterocycles. The standard InChI is InChI=1S/C18H19N3O5.ClH/c1-24-16(22)11-25-15-8-2-12(3-9-15)10-26-21-18(23)14-6-4-13(5-7-14)17(19)20;/h2-9H,10-11H2,1H3,(H3,19,20)(H,21,23);1H. The molecule has 0 radical (unpaired) electrons. The Labute approximate surface area is 162 Å². The third kappa shape index (κ3) is 6.96. The largest absolute Gasteiger partial charge is 0.482 e. The van der Waals surface area contributed by atoms with Gasteiger partial charge in [-0.1, -0.05) is 24.3 Å². The second-order valence-electron chi connectivity index (χ2n) is 5.22. The zero-order chi connectivity index (χ0) is 18.9. The monoisotopic (exact) mass is 393 g/mol. The first-order valence-electron chi connectivity index (χ1n) is 7.64. The molecule has 4 N–H and O–H groups in total. The van der Waals surface area contributed by atoms with E-state index >= 15 is 0 Å². The fourth-order valence-corrected chi connectivity index (χ4v) is 1.93. The van der Waals surface area contributed by atoms with Crippen LogP contribution in [0.25, 0.3) is 0 Å². The normalized spacial score (nSPS) is 9.67. The van der Waals surface area contributed by atoms with Crippen LogP contribution in [0.3, 0.4) is 0 Å². The van der Waals surface area contributed by atoms with Crippen LogP contribution in [-0.2, 0) is 21.0 Å². The minimum absolute atomic E-state index is 0. The maximum Gasteiger partial charge on any atom is 0.343 e. The highest BCUT2D eigenvalue weighted by Crippen LogP contribution is 2.13. The topological polar surface area (TPSA) is 124 Å². The molecule has 0 saturated carbocycles. The number of carbonyl (C=O) groups excluding carboxylic acids is 2. The van der Waals surface area contributed by atoms with Gasteiger partial charge in [-0.05, 0) is 29.8 Å². The van der Waals surface area contributed by atoms with Crippen LogP contribution in [0.1, 0.15) is 21.5 Å². The Morgan fingerprint density at radius 2 is 1.63 bits per heavy atom. The van der Waals surface area contributed by atoms with Crippen molar-refractivity contribution in [2.24, 2.45) is 5.73 Å². The summed E-state index contributed by atoms with van der Waals surface area (Å²) in [5.74, 6) is -0.407. The number of nitrogen functional groups attached to an aromatic ring is 1. The van der Waals surface area contributed by atoms with E-state index < -0.39 is 11.9 Å². The molecular formula is C18H20ClN3O5. The molecule has 144 valence electrons. The summed E-state index contributed by atoms with van der Waals surface area (Å²) in [5.41, 5.74) is 9.44. The van der Waals surface area contributed by atoms with Crippen LogP contribution in [0, 0.1) is 5.41 Å². The highest BCUT2D eigenvalue weighted by molar-refractivity contribution is 5.97. The molecule has 0 spiro atoms. The van der Waals surface area contributed by atoms with E-state index in [1.165, 1.54) is 7.11 Å². The van der Waals surface area contributed by atoms with Crippen LogP contribution >= 0.6 is 12.4 Å². The van der Waals surface area contributed by atoms with Crippen molar-refractivity contribution >= 4 is 30.1 Å². The van der Waals surface area contributed by atoms with Gasteiger partial charge in [0.15, 0.2) is 6.61 Å². The molecule has 2 aromatic rings. The molecule has 2 aromatic carbocycles. The summed E-state index contributed by atoms with van der Waals surface area (Å²) in [6.07, 6.45) is 0. The highest BCUT2D eigenvalue weighted by Gasteiger charge is 2.07. The van der Waals surface area contributed by atoms with Crippen LogP contribution in [0.5, 0.6) is 5.75 Å². The van der Waals surface area contributed by atoms with Gasteiger partial charge in [0.25, 0.3) is 5.91 Å². The average molecular weight is 394 g/mol. The first kappa shape index (κ1) is 21.9. The fraction of sp³-hybridized carbons (Fsp3) is 0.167. The van der Waals surface area contributed by atoms with Gasteiger partial charge in [0.05, 0.1) is 13.7 Å². The Morgan fingerprint density at radius 1 is 1.04 bits per heavy atom. The van der Waals surface area contributed by atoms with E-state index in [-0.39, 0.29) is 31.5 Å². The number of ether oxygens (including phenoxy) is 2. The number of hydrogen-bond acceptors (Lipinski definition) is 6. The molecular weight excluding hydrogens is 374 g/mol. The molecule has 0 unspecified atom stereocenters. The van der Waals surface area contributed by atoms with Gasteiger partial charge in [0.1, 0.15) is 11.6 Å². The number of methoxy groups -OCH3 is 1. The van der Waals surface area contributed by atoms with Crippen LogP contribution in [0.15, 0.2) is 48.5 Å². The second kappa shape index (κ2) is 10.8. The van der Waals surface area contributed by atoms with Gasteiger partial charge >= 0.3 is 5.97 Å². The van der Waals surface area contributed by atoms with E-state index in [1.807, 2.05) is 0 Å². The van der Waals surface area contributed by atoms with Crippen molar-refractivity contribution in [2.45, 2.75) is 6.61 Å². The molecule has 1 amide bonds. The summed E-state index contributed by atoms with van der Waals surface area (Å²) in [6.45, 7) is -0.000622. The maximum atomic E-state index is 12.0. The van der Waals surface area contributed by atoms with E-state index in [4.69, 9.17) is 20.7 Å². The summed E-state index contributed by atoms with van der Waals surface area (Å²) < 4.78 is 9.72. The van der Waals surface area contributed by atoms with Crippen molar-refractivity contribution in [3.8, 4) is 5.75 Å². The van der Waals surface area contributed by atoms with E-state index in [2.05, 4.69) is 10.2 Å². The summed E-state index contributed by atoms with van der Waals surface area (Å²) in [7, 11) is 1.29. The van der Waals surface area contributed by atoms with Gasteiger partial charge in [0.2, 0.25) is 0 Å². The van der Waals surface area contributed by atoms with Gasteiger partial charge in [-0.3, -0.25) is 15.0 Å². The van der Waals surface area contributed by atoms with Crippen molar-refractivity contribution in [1.82, 2.24) is 5.48 Å². The predicted octanol–water partition coefficient (Wildman–Crippen LogP) is 1.81. The Hall–Kier alpha value is -3.10.